The van der Waals surface area contributed by atoms with Gasteiger partial charge in [-0.3, -0.25) is 14.5 Å². The number of benzene rings is 1. The molecule has 0 bridgehead atoms. The zero-order chi connectivity index (χ0) is 23.7. The van der Waals surface area contributed by atoms with Crippen LogP contribution in [0.1, 0.15) is 50.6 Å². The van der Waals surface area contributed by atoms with Crippen molar-refractivity contribution in [2.24, 2.45) is 0 Å². The number of hydrogen-bond acceptors (Lipinski definition) is 5. The standard InChI is InChI=1S/C27H31N3O2S2/c1-19-7-3-4-8-21(19)25-22-11-18-34-23(22)10-14-30(25)20(2)26(31)28-12-6-13-29(16-15-28)27(32)24-9-5-17-33-24/h3-5,7-9,11,17-18,20,25H,6,10,12-16H2,1-2H3. The second-order valence-corrected chi connectivity index (χ2v) is 11.1. The maximum atomic E-state index is 13.8. The van der Waals surface area contributed by atoms with Crippen LogP contribution in [0.15, 0.2) is 53.2 Å². The van der Waals surface area contributed by atoms with Crippen molar-refractivity contribution in [1.29, 1.82) is 0 Å². The van der Waals surface area contributed by atoms with Crippen LogP contribution in [-0.4, -0.2) is 65.3 Å². The molecule has 3 aromatic rings. The third kappa shape index (κ3) is 4.44. The van der Waals surface area contributed by atoms with Crippen LogP contribution in [0.4, 0.5) is 0 Å². The summed E-state index contributed by atoms with van der Waals surface area (Å²) in [6.07, 6.45) is 1.79. The van der Waals surface area contributed by atoms with Crippen LogP contribution in [0.5, 0.6) is 0 Å². The first-order valence-electron chi connectivity index (χ1n) is 12.0. The molecule has 5 rings (SSSR count). The minimum absolute atomic E-state index is 0.0815. The molecule has 4 heterocycles. The molecule has 1 fully saturated rings. The van der Waals surface area contributed by atoms with E-state index in [1.54, 1.807) is 0 Å². The van der Waals surface area contributed by atoms with Crippen molar-refractivity contribution >= 4 is 34.5 Å². The molecule has 5 nitrogen and oxygen atoms in total. The molecule has 2 unspecified atom stereocenters. The van der Waals surface area contributed by atoms with Gasteiger partial charge in [0.1, 0.15) is 0 Å². The quantitative estimate of drug-likeness (QED) is 0.523. The molecule has 2 aliphatic rings. The summed E-state index contributed by atoms with van der Waals surface area (Å²) in [4.78, 5) is 35.0. The average molecular weight is 494 g/mol. The SMILES string of the molecule is Cc1ccccc1C1c2ccsc2CCN1C(C)C(=O)N1CCCN(C(=O)c2cccs2)CC1. The van der Waals surface area contributed by atoms with Crippen LogP contribution in [0, 0.1) is 6.92 Å². The molecule has 34 heavy (non-hydrogen) atoms. The molecule has 1 aromatic carbocycles. The lowest BCUT2D eigenvalue weighted by molar-refractivity contribution is -0.137. The fourth-order valence-corrected chi connectivity index (χ4v) is 6.89. The summed E-state index contributed by atoms with van der Waals surface area (Å²) in [5.74, 6) is 0.251. The normalized spacial score (nSPS) is 20.0. The summed E-state index contributed by atoms with van der Waals surface area (Å²) in [6, 6.07) is 14.4. The van der Waals surface area contributed by atoms with E-state index >= 15 is 0 Å². The summed E-state index contributed by atoms with van der Waals surface area (Å²) in [7, 11) is 0. The smallest absolute Gasteiger partial charge is 0.263 e. The number of nitrogens with zero attached hydrogens (tertiary/aromatic N) is 3. The highest BCUT2D eigenvalue weighted by atomic mass is 32.1. The fourth-order valence-electron chi connectivity index (χ4n) is 5.30. The predicted molar refractivity (Wildman–Crippen MR) is 139 cm³/mol. The van der Waals surface area contributed by atoms with Gasteiger partial charge in [-0.15, -0.1) is 22.7 Å². The van der Waals surface area contributed by atoms with Gasteiger partial charge in [-0.1, -0.05) is 30.3 Å². The molecule has 0 spiro atoms. The maximum Gasteiger partial charge on any atom is 0.263 e. The van der Waals surface area contributed by atoms with Crippen LogP contribution in [-0.2, 0) is 11.2 Å². The Balaban J connectivity index is 1.34. The maximum absolute atomic E-state index is 13.8. The van der Waals surface area contributed by atoms with Gasteiger partial charge >= 0.3 is 0 Å². The summed E-state index contributed by atoms with van der Waals surface area (Å²) in [6.45, 7) is 7.67. The highest BCUT2D eigenvalue weighted by molar-refractivity contribution is 7.12. The van der Waals surface area contributed by atoms with E-state index in [2.05, 4.69) is 54.5 Å². The van der Waals surface area contributed by atoms with E-state index in [0.717, 1.165) is 24.3 Å². The first-order valence-corrected chi connectivity index (χ1v) is 13.8. The molecule has 2 amide bonds. The van der Waals surface area contributed by atoms with E-state index in [1.165, 1.54) is 32.9 Å². The Morgan fingerprint density at radius 2 is 1.68 bits per heavy atom. The number of aryl methyl sites for hydroxylation is 1. The molecule has 2 aromatic heterocycles. The minimum Gasteiger partial charge on any atom is -0.340 e. The van der Waals surface area contributed by atoms with Crippen molar-refractivity contribution in [3.8, 4) is 0 Å². The Labute approximate surface area is 209 Å². The van der Waals surface area contributed by atoms with E-state index in [0.29, 0.717) is 26.2 Å². The van der Waals surface area contributed by atoms with Crippen LogP contribution < -0.4 is 0 Å². The molecule has 178 valence electrons. The topological polar surface area (TPSA) is 43.9 Å². The summed E-state index contributed by atoms with van der Waals surface area (Å²) < 4.78 is 0. The number of amides is 2. The van der Waals surface area contributed by atoms with Crippen LogP contribution in [0.2, 0.25) is 0 Å². The number of hydrogen-bond donors (Lipinski definition) is 0. The molecule has 0 aliphatic carbocycles. The fraction of sp³-hybridized carbons (Fsp3) is 0.407. The molecular weight excluding hydrogens is 462 g/mol. The lowest BCUT2D eigenvalue weighted by atomic mass is 9.89. The first kappa shape index (κ1) is 23.3. The van der Waals surface area contributed by atoms with Crippen molar-refractivity contribution in [2.75, 3.05) is 32.7 Å². The van der Waals surface area contributed by atoms with Gasteiger partial charge in [-0.2, -0.15) is 0 Å². The highest BCUT2D eigenvalue weighted by Crippen LogP contribution is 2.40. The first-order chi connectivity index (χ1) is 16.5. The van der Waals surface area contributed by atoms with E-state index in [9.17, 15) is 9.59 Å². The second kappa shape index (κ2) is 10.0. The Bertz CT molecular complexity index is 1160. The summed E-state index contributed by atoms with van der Waals surface area (Å²) in [5, 5.41) is 4.12. The zero-order valence-electron chi connectivity index (χ0n) is 19.8. The van der Waals surface area contributed by atoms with Gasteiger partial charge in [0.15, 0.2) is 0 Å². The third-order valence-electron chi connectivity index (χ3n) is 7.17. The lowest BCUT2D eigenvalue weighted by Gasteiger charge is -2.41. The number of thiophene rings is 2. The molecule has 0 radical (unpaired) electrons. The largest absolute Gasteiger partial charge is 0.340 e. The van der Waals surface area contributed by atoms with Crippen molar-refractivity contribution in [3.63, 3.8) is 0 Å². The monoisotopic (exact) mass is 493 g/mol. The molecule has 7 heteroatoms. The van der Waals surface area contributed by atoms with Gasteiger partial charge in [0.25, 0.3) is 5.91 Å². The van der Waals surface area contributed by atoms with Crippen LogP contribution in [0.25, 0.3) is 0 Å². The number of carbonyl (C=O) groups excluding carboxylic acids is 2. The van der Waals surface area contributed by atoms with Gasteiger partial charge in [-0.25, -0.2) is 0 Å². The average Bonchev–Trinajstić information content (AvgIpc) is 3.50. The summed E-state index contributed by atoms with van der Waals surface area (Å²) >= 11 is 3.30. The minimum atomic E-state index is -0.225. The molecular formula is C27H31N3O2S2. The van der Waals surface area contributed by atoms with E-state index in [-0.39, 0.29) is 23.9 Å². The van der Waals surface area contributed by atoms with Gasteiger partial charge in [0.2, 0.25) is 5.91 Å². The molecule has 2 atom stereocenters. The van der Waals surface area contributed by atoms with Crippen LogP contribution in [0.3, 0.4) is 0 Å². The van der Waals surface area contributed by atoms with E-state index in [1.807, 2.05) is 38.6 Å². The van der Waals surface area contributed by atoms with Gasteiger partial charge in [0, 0.05) is 37.6 Å². The third-order valence-corrected chi connectivity index (χ3v) is 9.02. The number of rotatable bonds is 4. The Kier molecular flexibility index (Phi) is 6.86. The predicted octanol–water partition coefficient (Wildman–Crippen LogP) is 4.83. The Hall–Kier alpha value is -2.48. The zero-order valence-corrected chi connectivity index (χ0v) is 21.4. The number of carbonyl (C=O) groups is 2. The second-order valence-electron chi connectivity index (χ2n) is 9.17. The van der Waals surface area contributed by atoms with Gasteiger partial charge in [-0.05, 0) is 66.3 Å². The van der Waals surface area contributed by atoms with E-state index in [4.69, 9.17) is 0 Å². The van der Waals surface area contributed by atoms with Crippen LogP contribution >= 0.6 is 22.7 Å². The summed E-state index contributed by atoms with van der Waals surface area (Å²) in [5.41, 5.74) is 3.88. The van der Waals surface area contributed by atoms with Gasteiger partial charge < -0.3 is 9.80 Å². The van der Waals surface area contributed by atoms with Crippen molar-refractivity contribution in [3.05, 3.63) is 79.7 Å². The van der Waals surface area contributed by atoms with Crippen molar-refractivity contribution < 1.29 is 9.59 Å². The molecule has 1 saturated heterocycles. The number of fused-ring (bicyclic) bond motifs is 1. The van der Waals surface area contributed by atoms with Crippen molar-refractivity contribution in [2.45, 2.75) is 38.8 Å². The van der Waals surface area contributed by atoms with Crippen molar-refractivity contribution in [1.82, 2.24) is 14.7 Å². The lowest BCUT2D eigenvalue weighted by Crippen LogP contribution is -2.51. The Morgan fingerprint density at radius 3 is 2.47 bits per heavy atom. The molecule has 0 saturated carbocycles. The highest BCUT2D eigenvalue weighted by Gasteiger charge is 2.37. The molecule has 2 aliphatic heterocycles. The molecule has 0 N–H and O–H groups in total. The Morgan fingerprint density at radius 1 is 0.882 bits per heavy atom. The van der Waals surface area contributed by atoms with E-state index < -0.39 is 0 Å². The van der Waals surface area contributed by atoms with Gasteiger partial charge in [0.05, 0.1) is 17.0 Å².